The number of nitrogens with zero attached hydrogens (tertiary/aromatic N) is 1. The molecular weight excluding hydrogens is 376 g/mol. The number of hydrogen-bond donors (Lipinski definition) is 1. The maximum Gasteiger partial charge on any atom is 0.120 e. The van der Waals surface area contributed by atoms with Gasteiger partial charge < -0.3 is 19.6 Å². The van der Waals surface area contributed by atoms with Gasteiger partial charge in [-0.05, 0) is 37.1 Å². The number of benzene rings is 2. The molecule has 1 N–H and O–H groups in total. The third-order valence-corrected chi connectivity index (χ3v) is 4.74. The lowest BCUT2D eigenvalue weighted by molar-refractivity contribution is -0.107. The van der Waals surface area contributed by atoms with Crippen LogP contribution in [-0.2, 0) is 27.4 Å². The molecule has 0 aliphatic rings. The van der Waals surface area contributed by atoms with Crippen LogP contribution in [0.25, 0.3) is 0 Å². The van der Waals surface area contributed by atoms with Crippen molar-refractivity contribution in [1.82, 2.24) is 10.2 Å². The summed E-state index contributed by atoms with van der Waals surface area (Å²) >= 11 is 0. The molecular formula is C25H36N2O3. The van der Waals surface area contributed by atoms with E-state index in [1.807, 2.05) is 0 Å². The van der Waals surface area contributed by atoms with Gasteiger partial charge in [-0.3, -0.25) is 4.90 Å². The smallest absolute Gasteiger partial charge is 0.120 e. The SMILES string of the molecule is O=CCCCNCCCOCCOCCN(Cc1ccccc1)Cc1ccccc1. The fraction of sp³-hybridized carbons (Fsp3) is 0.480. The number of carbonyl (C=O) groups is 1. The minimum Gasteiger partial charge on any atom is -0.379 e. The van der Waals surface area contributed by atoms with Crippen LogP contribution in [0.4, 0.5) is 0 Å². The molecule has 5 nitrogen and oxygen atoms in total. The first-order valence-electron chi connectivity index (χ1n) is 11.0. The van der Waals surface area contributed by atoms with E-state index in [1.54, 1.807) is 0 Å². The van der Waals surface area contributed by atoms with E-state index < -0.39 is 0 Å². The number of unbranched alkanes of at least 4 members (excludes halogenated alkanes) is 1. The van der Waals surface area contributed by atoms with Gasteiger partial charge in [0.15, 0.2) is 0 Å². The molecule has 2 aromatic rings. The average molecular weight is 413 g/mol. The van der Waals surface area contributed by atoms with E-state index in [2.05, 4.69) is 70.9 Å². The zero-order valence-corrected chi connectivity index (χ0v) is 18.0. The van der Waals surface area contributed by atoms with Crippen LogP contribution in [-0.4, -0.2) is 57.2 Å². The highest BCUT2D eigenvalue weighted by molar-refractivity contribution is 5.48. The van der Waals surface area contributed by atoms with Gasteiger partial charge in [-0.25, -0.2) is 0 Å². The van der Waals surface area contributed by atoms with E-state index in [9.17, 15) is 4.79 Å². The second-order valence-electron chi connectivity index (χ2n) is 7.32. The molecule has 0 fully saturated rings. The van der Waals surface area contributed by atoms with Gasteiger partial charge in [0.05, 0.1) is 19.8 Å². The van der Waals surface area contributed by atoms with E-state index in [0.29, 0.717) is 26.2 Å². The van der Waals surface area contributed by atoms with Gasteiger partial charge in [-0.2, -0.15) is 0 Å². The summed E-state index contributed by atoms with van der Waals surface area (Å²) in [6.45, 7) is 7.20. The van der Waals surface area contributed by atoms with Gasteiger partial charge in [0, 0.05) is 32.7 Å². The first-order valence-corrected chi connectivity index (χ1v) is 11.0. The lowest BCUT2D eigenvalue weighted by atomic mass is 10.1. The standard InChI is InChI=1S/C25H36N2O3/c28-17-8-7-14-26-15-9-18-29-20-21-30-19-16-27(22-24-10-3-1-4-11-24)23-25-12-5-2-6-13-25/h1-6,10-13,17,26H,7-9,14-16,18-23H2. The third-order valence-electron chi connectivity index (χ3n) is 4.74. The number of carbonyl (C=O) groups excluding carboxylic acids is 1. The number of rotatable bonds is 18. The van der Waals surface area contributed by atoms with Gasteiger partial charge in [-0.15, -0.1) is 0 Å². The number of nitrogens with one attached hydrogen (secondary N) is 1. The third kappa shape index (κ3) is 11.8. The van der Waals surface area contributed by atoms with Gasteiger partial charge in [0.1, 0.15) is 6.29 Å². The normalized spacial score (nSPS) is 11.1. The zero-order chi connectivity index (χ0) is 21.1. The Morgan fingerprint density at radius 1 is 0.733 bits per heavy atom. The molecule has 0 aliphatic carbocycles. The Morgan fingerprint density at radius 3 is 1.90 bits per heavy atom. The van der Waals surface area contributed by atoms with Crippen molar-refractivity contribution in [1.29, 1.82) is 0 Å². The summed E-state index contributed by atoms with van der Waals surface area (Å²) in [4.78, 5) is 12.6. The molecule has 2 aromatic carbocycles. The van der Waals surface area contributed by atoms with E-state index >= 15 is 0 Å². The van der Waals surface area contributed by atoms with Gasteiger partial charge in [0.2, 0.25) is 0 Å². The van der Waals surface area contributed by atoms with Crippen molar-refractivity contribution in [2.24, 2.45) is 0 Å². The van der Waals surface area contributed by atoms with Crippen LogP contribution in [0.2, 0.25) is 0 Å². The minimum absolute atomic E-state index is 0.622. The van der Waals surface area contributed by atoms with Crippen molar-refractivity contribution in [2.45, 2.75) is 32.4 Å². The molecule has 0 bridgehead atoms. The summed E-state index contributed by atoms with van der Waals surface area (Å²) < 4.78 is 11.4. The predicted octanol–water partition coefficient (Wildman–Crippen LogP) is 3.68. The lowest BCUT2D eigenvalue weighted by Gasteiger charge is -2.22. The summed E-state index contributed by atoms with van der Waals surface area (Å²) in [7, 11) is 0. The molecule has 0 saturated carbocycles. The molecule has 0 spiro atoms. The molecule has 0 aliphatic heterocycles. The molecule has 0 amide bonds. The summed E-state index contributed by atoms with van der Waals surface area (Å²) in [5.41, 5.74) is 2.63. The molecule has 2 rings (SSSR count). The topological polar surface area (TPSA) is 50.8 Å². The molecule has 0 unspecified atom stereocenters. The summed E-state index contributed by atoms with van der Waals surface area (Å²) in [6, 6.07) is 21.1. The van der Waals surface area contributed by atoms with E-state index in [-0.39, 0.29) is 0 Å². The predicted molar refractivity (Wildman–Crippen MR) is 121 cm³/mol. The van der Waals surface area contributed by atoms with Crippen LogP contribution >= 0.6 is 0 Å². The summed E-state index contributed by atoms with van der Waals surface area (Å²) in [5, 5.41) is 3.31. The second kappa shape index (κ2) is 16.7. The van der Waals surface area contributed by atoms with Crippen LogP contribution in [0.15, 0.2) is 60.7 Å². The van der Waals surface area contributed by atoms with Crippen LogP contribution in [0, 0.1) is 0 Å². The van der Waals surface area contributed by atoms with Crippen LogP contribution < -0.4 is 5.32 Å². The molecule has 30 heavy (non-hydrogen) atoms. The Hall–Kier alpha value is -2.05. The first kappa shape index (κ1) is 24.2. The molecule has 0 aromatic heterocycles. The minimum atomic E-state index is 0.622. The van der Waals surface area contributed by atoms with Gasteiger partial charge in [0.25, 0.3) is 0 Å². The average Bonchev–Trinajstić information content (AvgIpc) is 2.78. The zero-order valence-electron chi connectivity index (χ0n) is 18.0. The molecule has 0 saturated heterocycles. The van der Waals surface area contributed by atoms with Crippen LogP contribution in [0.5, 0.6) is 0 Å². The van der Waals surface area contributed by atoms with E-state index in [0.717, 1.165) is 58.5 Å². The fourth-order valence-corrected chi connectivity index (χ4v) is 3.15. The van der Waals surface area contributed by atoms with Crippen molar-refractivity contribution < 1.29 is 14.3 Å². The van der Waals surface area contributed by atoms with Gasteiger partial charge in [-0.1, -0.05) is 60.7 Å². The summed E-state index contributed by atoms with van der Waals surface area (Å²) in [5.74, 6) is 0. The molecule has 0 atom stereocenters. The second-order valence-corrected chi connectivity index (χ2v) is 7.32. The summed E-state index contributed by atoms with van der Waals surface area (Å²) in [6.07, 6.45) is 3.48. The maximum atomic E-state index is 10.2. The molecule has 0 heterocycles. The van der Waals surface area contributed by atoms with Crippen molar-refractivity contribution in [2.75, 3.05) is 46.1 Å². The monoisotopic (exact) mass is 412 g/mol. The molecule has 5 heteroatoms. The van der Waals surface area contributed by atoms with Crippen molar-refractivity contribution in [3.63, 3.8) is 0 Å². The fourth-order valence-electron chi connectivity index (χ4n) is 3.15. The van der Waals surface area contributed by atoms with Crippen LogP contribution in [0.1, 0.15) is 30.4 Å². The molecule has 164 valence electrons. The number of hydrogen-bond acceptors (Lipinski definition) is 5. The van der Waals surface area contributed by atoms with Crippen LogP contribution in [0.3, 0.4) is 0 Å². The Labute approximate surface area is 181 Å². The van der Waals surface area contributed by atoms with Crippen molar-refractivity contribution in [3.05, 3.63) is 71.8 Å². The number of ether oxygens (including phenoxy) is 2. The highest BCUT2D eigenvalue weighted by Gasteiger charge is 2.07. The Balaban J connectivity index is 1.56. The Morgan fingerprint density at radius 2 is 1.30 bits per heavy atom. The first-order chi connectivity index (χ1) is 14.9. The Bertz CT molecular complexity index is 610. The quantitative estimate of drug-likeness (QED) is 0.299. The van der Waals surface area contributed by atoms with Crippen molar-refractivity contribution >= 4 is 6.29 Å². The highest BCUT2D eigenvalue weighted by atomic mass is 16.5. The lowest BCUT2D eigenvalue weighted by Crippen LogP contribution is -2.27. The number of aldehydes is 1. The molecule has 0 radical (unpaired) electrons. The van der Waals surface area contributed by atoms with Crippen molar-refractivity contribution in [3.8, 4) is 0 Å². The van der Waals surface area contributed by atoms with Gasteiger partial charge >= 0.3 is 0 Å². The Kier molecular flexibility index (Phi) is 13.5. The maximum absolute atomic E-state index is 10.2. The van der Waals surface area contributed by atoms with E-state index in [1.165, 1.54) is 11.1 Å². The largest absolute Gasteiger partial charge is 0.379 e. The highest BCUT2D eigenvalue weighted by Crippen LogP contribution is 2.09. The van der Waals surface area contributed by atoms with E-state index in [4.69, 9.17) is 9.47 Å².